The third-order valence-electron chi connectivity index (χ3n) is 1.81. The molecule has 0 aliphatic rings. The Labute approximate surface area is 95.9 Å². The number of hydrogen-bond donors (Lipinski definition) is 0. The summed E-state index contributed by atoms with van der Waals surface area (Å²) in [6.45, 7) is 0. The van der Waals surface area contributed by atoms with E-state index >= 15 is 0 Å². The first-order chi connectivity index (χ1) is 7.13. The molecule has 0 spiro atoms. The quantitative estimate of drug-likeness (QED) is 0.624. The Kier molecular flexibility index (Phi) is 2.90. The summed E-state index contributed by atoms with van der Waals surface area (Å²) in [6, 6.07) is 1.77. The number of nitrogens with zero attached hydrogens (tertiary/aromatic N) is 2. The van der Waals surface area contributed by atoms with Crippen LogP contribution in [0.5, 0.6) is 0 Å². The summed E-state index contributed by atoms with van der Waals surface area (Å²) in [5.74, 6) is -0.0857. The summed E-state index contributed by atoms with van der Waals surface area (Å²) < 4.78 is 24.1. The van der Waals surface area contributed by atoms with E-state index in [9.17, 15) is 8.42 Å². The van der Waals surface area contributed by atoms with Crippen molar-refractivity contribution in [3.05, 3.63) is 17.6 Å². The third kappa shape index (κ3) is 2.11. The molecule has 0 aliphatic carbocycles. The van der Waals surface area contributed by atoms with Gasteiger partial charge < -0.3 is 0 Å². The largest absolute Gasteiger partial charge is 0.247 e. The highest BCUT2D eigenvalue weighted by atomic mass is 35.5. The summed E-state index contributed by atoms with van der Waals surface area (Å²) in [4.78, 5) is 7.80. The number of hydrogen-bond acceptors (Lipinski definition) is 5. The maximum absolute atomic E-state index is 11.6. The van der Waals surface area contributed by atoms with Gasteiger partial charge in [-0.3, -0.25) is 0 Å². The van der Waals surface area contributed by atoms with E-state index in [1.807, 2.05) is 5.38 Å². The Morgan fingerprint density at radius 2 is 2.27 bits per heavy atom. The number of thiophene rings is 1. The molecule has 0 aromatic carbocycles. The number of rotatable bonds is 3. The number of aromatic nitrogens is 2. The van der Waals surface area contributed by atoms with Crippen LogP contribution in [0.3, 0.4) is 0 Å². The zero-order valence-corrected chi connectivity index (χ0v) is 9.94. The molecule has 0 unspecified atom stereocenters. The van der Waals surface area contributed by atoms with Crippen LogP contribution in [0.4, 0.5) is 0 Å². The minimum Gasteiger partial charge on any atom is -0.225 e. The van der Waals surface area contributed by atoms with Gasteiger partial charge in [-0.05, 0) is 11.4 Å². The smallest absolute Gasteiger partial charge is 0.225 e. The van der Waals surface area contributed by atoms with Gasteiger partial charge in [0.25, 0.3) is 0 Å². The van der Waals surface area contributed by atoms with Crippen LogP contribution in [-0.4, -0.2) is 30.0 Å². The van der Waals surface area contributed by atoms with Crippen LogP contribution in [0.2, 0.25) is 0 Å². The van der Waals surface area contributed by atoms with Crippen molar-refractivity contribution < 1.29 is 8.42 Å². The van der Waals surface area contributed by atoms with Gasteiger partial charge in [0.15, 0.2) is 0 Å². The van der Waals surface area contributed by atoms with Gasteiger partial charge in [0, 0.05) is 12.1 Å². The topological polar surface area (TPSA) is 59.9 Å². The maximum Gasteiger partial charge on any atom is 0.247 e. The number of alkyl halides is 1. The van der Waals surface area contributed by atoms with E-state index in [0.717, 1.165) is 4.70 Å². The molecule has 0 bridgehead atoms. The van der Waals surface area contributed by atoms with Crippen LogP contribution in [-0.2, 0) is 9.84 Å². The predicted molar refractivity (Wildman–Crippen MR) is 60.2 cm³/mol. The first kappa shape index (κ1) is 10.8. The molecule has 2 aromatic heterocycles. The second kappa shape index (κ2) is 4.03. The van der Waals surface area contributed by atoms with E-state index in [4.69, 9.17) is 11.6 Å². The molecule has 0 fully saturated rings. The lowest BCUT2D eigenvalue weighted by Crippen LogP contribution is -2.11. The molecule has 0 N–H and O–H groups in total. The summed E-state index contributed by atoms with van der Waals surface area (Å²) in [5, 5.41) is 1.70. The molecule has 80 valence electrons. The highest BCUT2D eigenvalue weighted by Crippen LogP contribution is 2.18. The van der Waals surface area contributed by atoms with Crippen LogP contribution < -0.4 is 0 Å². The number of halogens is 1. The van der Waals surface area contributed by atoms with Crippen LogP contribution in [0.25, 0.3) is 10.2 Å². The van der Waals surface area contributed by atoms with Crippen LogP contribution in [0, 0.1) is 0 Å². The van der Waals surface area contributed by atoms with Crippen molar-refractivity contribution in [2.45, 2.75) is 5.16 Å². The van der Waals surface area contributed by atoms with Crippen molar-refractivity contribution in [2.75, 3.05) is 11.6 Å². The number of fused-ring (bicyclic) bond motifs is 1. The Morgan fingerprint density at radius 1 is 1.47 bits per heavy atom. The molecule has 15 heavy (non-hydrogen) atoms. The highest BCUT2D eigenvalue weighted by molar-refractivity contribution is 7.91. The molecule has 2 aromatic rings. The lowest BCUT2D eigenvalue weighted by atomic mass is 10.5. The highest BCUT2D eigenvalue weighted by Gasteiger charge is 2.17. The van der Waals surface area contributed by atoms with Crippen molar-refractivity contribution in [2.24, 2.45) is 0 Å². The predicted octanol–water partition coefficient (Wildman–Crippen LogP) is 1.70. The van der Waals surface area contributed by atoms with Gasteiger partial charge >= 0.3 is 0 Å². The molecule has 0 aliphatic heterocycles. The molecular weight excluding hydrogens is 256 g/mol. The molecule has 0 saturated heterocycles. The molecule has 0 radical (unpaired) electrons. The van der Waals surface area contributed by atoms with Gasteiger partial charge in [-0.15, -0.1) is 22.9 Å². The van der Waals surface area contributed by atoms with Gasteiger partial charge in [0.2, 0.25) is 15.0 Å². The van der Waals surface area contributed by atoms with E-state index in [2.05, 4.69) is 9.97 Å². The molecule has 7 heteroatoms. The molecular formula is C8H7ClN2O2S2. The Balaban J connectivity index is 2.52. The molecule has 0 atom stereocenters. The van der Waals surface area contributed by atoms with Crippen molar-refractivity contribution in [3.8, 4) is 0 Å². The summed E-state index contributed by atoms with van der Waals surface area (Å²) >= 11 is 6.87. The monoisotopic (exact) mass is 262 g/mol. The second-order valence-corrected chi connectivity index (χ2v) is 6.16. The first-order valence-electron chi connectivity index (χ1n) is 4.12. The van der Waals surface area contributed by atoms with E-state index in [-0.39, 0.29) is 16.8 Å². The van der Waals surface area contributed by atoms with Crippen molar-refractivity contribution in [3.63, 3.8) is 0 Å². The number of sulfone groups is 1. The Morgan fingerprint density at radius 3 is 3.00 bits per heavy atom. The maximum atomic E-state index is 11.6. The van der Waals surface area contributed by atoms with Crippen molar-refractivity contribution in [1.29, 1.82) is 0 Å². The summed E-state index contributed by atoms with van der Waals surface area (Å²) in [6.07, 6.45) is 1.52. The van der Waals surface area contributed by atoms with Gasteiger partial charge in [0.05, 0.1) is 16.0 Å². The lowest BCUT2D eigenvalue weighted by molar-refractivity contribution is 0.589. The lowest BCUT2D eigenvalue weighted by Gasteiger charge is -1.99. The second-order valence-electron chi connectivity index (χ2n) is 2.83. The zero-order chi connectivity index (χ0) is 10.9. The van der Waals surface area contributed by atoms with Crippen LogP contribution in [0.15, 0.2) is 22.8 Å². The van der Waals surface area contributed by atoms with E-state index in [1.54, 1.807) is 6.07 Å². The average Bonchev–Trinajstić information content (AvgIpc) is 2.63. The van der Waals surface area contributed by atoms with Gasteiger partial charge in [-0.2, -0.15) is 0 Å². The first-order valence-corrected chi connectivity index (χ1v) is 7.19. The fourth-order valence-electron chi connectivity index (χ4n) is 1.09. The van der Waals surface area contributed by atoms with Gasteiger partial charge in [-0.1, -0.05) is 0 Å². The van der Waals surface area contributed by atoms with Crippen molar-refractivity contribution in [1.82, 2.24) is 9.97 Å². The normalized spacial score (nSPS) is 12.1. The van der Waals surface area contributed by atoms with Gasteiger partial charge in [-0.25, -0.2) is 18.4 Å². The molecule has 2 heterocycles. The minimum absolute atomic E-state index is 0.0490. The zero-order valence-electron chi connectivity index (χ0n) is 7.55. The van der Waals surface area contributed by atoms with Crippen LogP contribution in [0.1, 0.15) is 0 Å². The minimum atomic E-state index is -3.43. The standard InChI is InChI=1S/C8H7ClN2O2S2/c9-2-4-15(12,13)8-10-5-7-6(11-8)1-3-14-7/h1,3,5H,2,4H2. The van der Waals surface area contributed by atoms with Gasteiger partial charge in [0.1, 0.15) is 0 Å². The third-order valence-corrected chi connectivity index (χ3v) is 4.55. The summed E-state index contributed by atoms with van der Waals surface area (Å²) in [7, 11) is -3.43. The van der Waals surface area contributed by atoms with E-state index < -0.39 is 9.84 Å². The fourth-order valence-corrected chi connectivity index (χ4v) is 3.23. The van der Waals surface area contributed by atoms with E-state index in [0.29, 0.717) is 5.52 Å². The van der Waals surface area contributed by atoms with Crippen LogP contribution >= 0.6 is 22.9 Å². The average molecular weight is 263 g/mol. The molecule has 4 nitrogen and oxygen atoms in total. The SMILES string of the molecule is O=S(=O)(CCCl)c1ncc2sccc2n1. The Hall–Kier alpha value is -0.720. The molecule has 0 amide bonds. The fraction of sp³-hybridized carbons (Fsp3) is 0.250. The summed E-state index contributed by atoms with van der Waals surface area (Å²) in [5.41, 5.74) is 0.656. The molecule has 0 saturated carbocycles. The molecule has 2 rings (SSSR count). The van der Waals surface area contributed by atoms with E-state index in [1.165, 1.54) is 17.5 Å². The van der Waals surface area contributed by atoms with Crippen molar-refractivity contribution >= 4 is 43.0 Å². The Bertz CT molecular complexity index is 579.